The van der Waals surface area contributed by atoms with Crippen LogP contribution in [-0.4, -0.2) is 277 Å². The first-order valence-corrected chi connectivity index (χ1v) is 34.9. The van der Waals surface area contributed by atoms with Gasteiger partial charge < -0.3 is 75.3 Å². The van der Waals surface area contributed by atoms with Crippen molar-refractivity contribution in [3.05, 3.63) is 12.2 Å². The molecule has 0 radical (unpaired) electrons. The van der Waals surface area contributed by atoms with Gasteiger partial charge in [-0.25, -0.2) is 0 Å². The van der Waals surface area contributed by atoms with Crippen molar-refractivity contribution >= 4 is 76.9 Å². The van der Waals surface area contributed by atoms with Crippen molar-refractivity contribution in [1.82, 2.24) is 65.8 Å². The fourth-order valence-electron chi connectivity index (χ4n) is 12.2. The van der Waals surface area contributed by atoms with Crippen molar-refractivity contribution < 1.29 is 71.8 Å². The Bertz CT molecular complexity index is 2770. The highest BCUT2D eigenvalue weighted by Gasteiger charge is 2.47. The van der Waals surface area contributed by atoms with Gasteiger partial charge in [-0.1, -0.05) is 102 Å². The summed E-state index contributed by atoms with van der Waals surface area (Å²) in [6, 6.07) is -14.7. The normalized spacial score (nSPS) is 26.9. The molecule has 0 aromatic rings. The molecular weight excluding hydrogens is 1260 g/mol. The molecule has 0 bridgehead atoms. The van der Waals surface area contributed by atoms with Gasteiger partial charge in [-0.3, -0.25) is 62.3 Å². The molecule has 28 heteroatoms. The topological polar surface area (TPSA) is 326 Å². The predicted octanol–water partition coefficient (Wildman–Crippen LogP) is 2.27. The van der Waals surface area contributed by atoms with E-state index in [1.54, 1.807) is 72.4 Å². The number of piperazine rings is 1. The number of esters is 1. The summed E-state index contributed by atoms with van der Waals surface area (Å²) < 4.78 is 11.9. The highest BCUT2D eigenvalue weighted by Crippen LogP contribution is 2.27. The van der Waals surface area contributed by atoms with Crippen molar-refractivity contribution in [2.45, 2.75) is 229 Å². The van der Waals surface area contributed by atoms with Gasteiger partial charge >= 0.3 is 5.97 Å². The molecule has 2 aliphatic heterocycles. The van der Waals surface area contributed by atoms with Crippen LogP contribution < -0.4 is 26.6 Å². The number of rotatable bonds is 19. The standard InChI is InChI=1S/C70H123N13O15/c1-26-28-29-44(13)59(98-49(18)84)58-64(90)73-50(27-2)66(92)77(20)48(17)61(87)75-56(45(14)37-97-38-54(85)83-32-30-76(19)31-33-83)63(89)74-55(42(9)10)69(95)78(21)51(34-39(3)4)62(88)71-46(15)60(86)72-47(16)65(91)79(22)52(35-40(5)6)67(93)80(23)53(36-41(7)8)68(94)81(24)57(43(11)12)70(96)82(58)25/h26,28,39-48,50-53,55-59H,27,29-38H2,1-25H3,(H,71,88)(H,72,86)(H,73,90)(H,74,89)(H,75,87)/b28-26+/t44-,45-,46+,47-,48-,50+,51+,52+,53+,55+,56+,57+,58+,59-/m1/s1. The van der Waals surface area contributed by atoms with E-state index < -0.39 is 167 Å². The Kier molecular flexibility index (Phi) is 35.6. The molecule has 0 aliphatic carbocycles. The first-order chi connectivity index (χ1) is 45.5. The quantitative estimate of drug-likeness (QED) is 0.0915. The van der Waals surface area contributed by atoms with Crippen molar-refractivity contribution in [3.63, 3.8) is 0 Å². The zero-order chi connectivity index (χ0) is 75.2. The van der Waals surface area contributed by atoms with Crippen molar-refractivity contribution in [2.24, 2.45) is 41.4 Å². The molecule has 0 aromatic heterocycles. The summed E-state index contributed by atoms with van der Waals surface area (Å²) >= 11 is 0. The van der Waals surface area contributed by atoms with Gasteiger partial charge in [0, 0.05) is 81.3 Å². The molecule has 14 atom stereocenters. The second kappa shape index (κ2) is 40.1. The first-order valence-electron chi connectivity index (χ1n) is 34.9. The molecule has 2 rings (SSSR count). The smallest absolute Gasteiger partial charge is 0.303 e. The van der Waals surface area contributed by atoms with Crippen molar-refractivity contribution in [3.8, 4) is 0 Å². The average Bonchev–Trinajstić information content (AvgIpc) is 0.804. The van der Waals surface area contributed by atoms with Gasteiger partial charge in [0.25, 0.3) is 0 Å². The minimum Gasteiger partial charge on any atom is -0.459 e. The van der Waals surface area contributed by atoms with Gasteiger partial charge in [0.05, 0.1) is 6.61 Å². The van der Waals surface area contributed by atoms with Crippen LogP contribution in [-0.2, 0) is 71.8 Å². The molecule has 98 heavy (non-hydrogen) atoms. The molecule has 0 unspecified atom stereocenters. The van der Waals surface area contributed by atoms with Crippen LogP contribution >= 0.6 is 0 Å². The molecule has 2 saturated heterocycles. The van der Waals surface area contributed by atoms with Crippen LogP contribution in [0, 0.1) is 41.4 Å². The minimum atomic E-state index is -1.65. The summed E-state index contributed by atoms with van der Waals surface area (Å²) in [5.74, 6) is -12.7. The number of ether oxygens (including phenoxy) is 2. The van der Waals surface area contributed by atoms with E-state index in [4.69, 9.17) is 9.47 Å². The largest absolute Gasteiger partial charge is 0.459 e. The molecule has 558 valence electrons. The predicted molar refractivity (Wildman–Crippen MR) is 373 cm³/mol. The summed E-state index contributed by atoms with van der Waals surface area (Å²) in [7, 11) is 10.3. The van der Waals surface area contributed by atoms with Crippen LogP contribution in [0.25, 0.3) is 0 Å². The van der Waals surface area contributed by atoms with E-state index in [9.17, 15) is 43.2 Å². The number of carbonyl (C=O) groups excluding carboxylic acids is 13. The Labute approximate surface area is 583 Å². The zero-order valence-corrected chi connectivity index (χ0v) is 63.6. The maximum absolute atomic E-state index is 15.5. The van der Waals surface area contributed by atoms with E-state index >= 15 is 19.2 Å². The molecule has 12 amide bonds. The number of hydrogen-bond acceptors (Lipinski definition) is 16. The second-order valence-electron chi connectivity index (χ2n) is 29.1. The molecule has 0 aromatic carbocycles. The SMILES string of the molecule is C/C=C/C[C@@H](C)[C@@H](OC(C)=O)[C@H]1C(=O)N[C@@H](CC)C(=O)N(C)[C@H](C)C(=O)N[C@@H]([C@H](C)COCC(=O)N2CCN(C)CC2)C(=O)N[C@@H](C(C)C)C(=O)N(C)[C@@H](CC(C)C)C(=O)N[C@@H](C)C(=O)N[C@H](C)C(=O)N(C)[C@@H](CC(C)C)C(=O)N(C)[C@@H](CC(C)C)C(=O)N(C)[C@@H](C(C)C)C(=O)N1C. The van der Waals surface area contributed by atoms with Crippen LogP contribution in [0.3, 0.4) is 0 Å². The van der Waals surface area contributed by atoms with Crippen LogP contribution in [0.4, 0.5) is 0 Å². The molecule has 2 fully saturated rings. The third kappa shape index (κ3) is 24.6. The van der Waals surface area contributed by atoms with Crippen LogP contribution in [0.2, 0.25) is 0 Å². The third-order valence-corrected chi connectivity index (χ3v) is 18.7. The molecular formula is C70H123N13O15. The number of nitrogens with zero attached hydrogens (tertiary/aromatic N) is 8. The minimum absolute atomic E-state index is 0.0601. The van der Waals surface area contributed by atoms with Crippen LogP contribution in [0.5, 0.6) is 0 Å². The van der Waals surface area contributed by atoms with E-state index in [1.165, 1.54) is 82.7 Å². The first kappa shape index (κ1) is 86.9. The number of likely N-dealkylation sites (N-methyl/N-ethyl adjacent to an activating group) is 7. The van der Waals surface area contributed by atoms with Crippen LogP contribution in [0.15, 0.2) is 12.2 Å². The van der Waals surface area contributed by atoms with Gasteiger partial charge in [0.15, 0.2) is 0 Å². The highest BCUT2D eigenvalue weighted by atomic mass is 16.5. The molecule has 0 spiro atoms. The third-order valence-electron chi connectivity index (χ3n) is 18.7. The van der Waals surface area contributed by atoms with E-state index in [2.05, 4.69) is 31.5 Å². The summed E-state index contributed by atoms with van der Waals surface area (Å²) in [5, 5.41) is 13.7. The van der Waals surface area contributed by atoms with Gasteiger partial charge in [0.2, 0.25) is 70.9 Å². The Morgan fingerprint density at radius 1 is 0.500 bits per heavy atom. The maximum atomic E-state index is 15.5. The highest BCUT2D eigenvalue weighted by molar-refractivity contribution is 6.00. The summed E-state index contributed by atoms with van der Waals surface area (Å²) in [5.41, 5.74) is 0. The number of nitrogens with one attached hydrogen (secondary N) is 5. The van der Waals surface area contributed by atoms with E-state index in [1.807, 2.05) is 48.6 Å². The number of hydrogen-bond donors (Lipinski definition) is 5. The van der Waals surface area contributed by atoms with Crippen molar-refractivity contribution in [2.75, 3.05) is 88.7 Å². The molecule has 2 heterocycles. The Morgan fingerprint density at radius 2 is 0.980 bits per heavy atom. The van der Waals surface area contributed by atoms with E-state index in [0.717, 1.165) is 16.7 Å². The second-order valence-corrected chi connectivity index (χ2v) is 29.1. The average molecular weight is 1390 g/mol. The Hall–Kier alpha value is -7.23. The van der Waals surface area contributed by atoms with E-state index in [-0.39, 0.29) is 69.0 Å². The lowest BCUT2D eigenvalue weighted by Gasteiger charge is -2.42. The van der Waals surface area contributed by atoms with Crippen molar-refractivity contribution in [1.29, 1.82) is 0 Å². The number of amides is 12. The fourth-order valence-corrected chi connectivity index (χ4v) is 12.2. The monoisotopic (exact) mass is 1390 g/mol. The van der Waals surface area contributed by atoms with E-state index in [0.29, 0.717) is 26.2 Å². The molecule has 5 N–H and O–H groups in total. The van der Waals surface area contributed by atoms with Crippen LogP contribution in [0.1, 0.15) is 157 Å². The fraction of sp³-hybridized carbons (Fsp3) is 0.786. The Morgan fingerprint density at radius 3 is 1.47 bits per heavy atom. The summed E-state index contributed by atoms with van der Waals surface area (Å²) in [6.45, 7) is 31.7. The lowest BCUT2D eigenvalue weighted by molar-refractivity contribution is -0.164. The number of carbonyl (C=O) groups is 13. The lowest BCUT2D eigenvalue weighted by Crippen LogP contribution is -2.64. The summed E-state index contributed by atoms with van der Waals surface area (Å²) in [6.07, 6.45) is 2.76. The molecule has 28 nitrogen and oxygen atoms in total. The van der Waals surface area contributed by atoms with Gasteiger partial charge in [-0.05, 0) is 102 Å². The van der Waals surface area contributed by atoms with Gasteiger partial charge in [-0.15, -0.1) is 0 Å². The number of allylic oxidation sites excluding steroid dienone is 2. The molecule has 0 saturated carbocycles. The van der Waals surface area contributed by atoms with Gasteiger partial charge in [-0.2, -0.15) is 0 Å². The van der Waals surface area contributed by atoms with Gasteiger partial charge in [0.1, 0.15) is 79.2 Å². The lowest BCUT2D eigenvalue weighted by atomic mass is 9.91. The Balaban J connectivity index is 3.07. The molecule has 2 aliphatic rings. The maximum Gasteiger partial charge on any atom is 0.303 e. The zero-order valence-electron chi connectivity index (χ0n) is 63.6. The summed E-state index contributed by atoms with van der Waals surface area (Å²) in [4.78, 5) is 201.